The molecule has 8 heteroatoms. The first-order valence-corrected chi connectivity index (χ1v) is 9.70. The number of benzene rings is 2. The Morgan fingerprint density at radius 2 is 1.73 bits per heavy atom. The predicted octanol–water partition coefficient (Wildman–Crippen LogP) is 2.91. The average Bonchev–Trinajstić information content (AvgIpc) is 2.75. The van der Waals surface area contributed by atoms with Gasteiger partial charge in [0.1, 0.15) is 17.9 Å². The number of esters is 2. The molecule has 158 valence electrons. The van der Waals surface area contributed by atoms with E-state index in [4.69, 9.17) is 14.2 Å². The summed E-state index contributed by atoms with van der Waals surface area (Å²) in [5, 5.41) is 7.01. The summed E-state index contributed by atoms with van der Waals surface area (Å²) in [4.78, 5) is 37.2. The standard InChI is InChI=1S/C22H24N2O6/c1-4-16-19(21(26)29-5-2)17(24-22(27)23-16)12-30-20(25)15-10-13-8-6-7-9-14(13)11-18(15)28-3/h6-11,16H,4-5,12H2,1-3H3,(H2,23,24,27)/t16-/m0/s1. The molecule has 1 atom stereocenters. The Hall–Kier alpha value is -3.55. The first kappa shape index (κ1) is 21.2. The van der Waals surface area contributed by atoms with Crippen molar-refractivity contribution in [2.75, 3.05) is 20.3 Å². The minimum atomic E-state index is -0.630. The summed E-state index contributed by atoms with van der Waals surface area (Å²) >= 11 is 0. The number of methoxy groups -OCH3 is 1. The smallest absolute Gasteiger partial charge is 0.342 e. The lowest BCUT2D eigenvalue weighted by atomic mass is 10.0. The largest absolute Gasteiger partial charge is 0.496 e. The van der Waals surface area contributed by atoms with E-state index in [9.17, 15) is 14.4 Å². The lowest BCUT2D eigenvalue weighted by Crippen LogP contribution is -2.51. The third-order valence-corrected chi connectivity index (χ3v) is 4.78. The van der Waals surface area contributed by atoms with Crippen LogP contribution in [-0.2, 0) is 14.3 Å². The highest BCUT2D eigenvalue weighted by molar-refractivity contribution is 5.99. The Kier molecular flexibility index (Phi) is 6.56. The van der Waals surface area contributed by atoms with Crippen LogP contribution in [0.25, 0.3) is 10.8 Å². The van der Waals surface area contributed by atoms with Crippen molar-refractivity contribution < 1.29 is 28.6 Å². The van der Waals surface area contributed by atoms with E-state index in [1.54, 1.807) is 19.1 Å². The minimum Gasteiger partial charge on any atom is -0.496 e. The second-order valence-electron chi connectivity index (χ2n) is 6.65. The van der Waals surface area contributed by atoms with E-state index in [0.29, 0.717) is 12.2 Å². The van der Waals surface area contributed by atoms with Crippen molar-refractivity contribution in [2.45, 2.75) is 26.3 Å². The topological polar surface area (TPSA) is 103 Å². The SMILES string of the molecule is CCOC(=O)C1=C(COC(=O)c2cc3ccccc3cc2OC)NC(=O)N[C@H]1CC. The molecule has 30 heavy (non-hydrogen) atoms. The summed E-state index contributed by atoms with van der Waals surface area (Å²) in [5.41, 5.74) is 0.705. The van der Waals surface area contributed by atoms with Crippen LogP contribution >= 0.6 is 0 Å². The molecule has 0 unspecified atom stereocenters. The van der Waals surface area contributed by atoms with Crippen LogP contribution in [0.1, 0.15) is 30.6 Å². The Labute approximate surface area is 174 Å². The van der Waals surface area contributed by atoms with Gasteiger partial charge in [0.15, 0.2) is 0 Å². The maximum absolute atomic E-state index is 12.8. The molecule has 0 radical (unpaired) electrons. The molecular formula is C22H24N2O6. The summed E-state index contributed by atoms with van der Waals surface area (Å²) in [7, 11) is 1.47. The lowest BCUT2D eigenvalue weighted by Gasteiger charge is -2.28. The molecule has 0 aliphatic carbocycles. The van der Waals surface area contributed by atoms with Crippen LogP contribution in [-0.4, -0.2) is 44.3 Å². The fraction of sp³-hybridized carbons (Fsp3) is 0.318. The normalized spacial score (nSPS) is 16.0. The summed E-state index contributed by atoms with van der Waals surface area (Å²) in [5.74, 6) is -0.820. The summed E-state index contributed by atoms with van der Waals surface area (Å²) < 4.78 is 15.9. The minimum absolute atomic E-state index is 0.189. The molecule has 0 saturated heterocycles. The second-order valence-corrected chi connectivity index (χ2v) is 6.65. The average molecular weight is 412 g/mol. The van der Waals surface area contributed by atoms with Gasteiger partial charge in [0.05, 0.1) is 31.0 Å². The Balaban J connectivity index is 1.88. The third kappa shape index (κ3) is 4.37. The molecule has 3 rings (SSSR count). The van der Waals surface area contributed by atoms with E-state index in [1.807, 2.05) is 31.2 Å². The van der Waals surface area contributed by atoms with E-state index in [0.717, 1.165) is 10.8 Å². The number of amides is 2. The van der Waals surface area contributed by atoms with Crippen molar-refractivity contribution in [1.82, 2.24) is 10.6 Å². The number of nitrogens with one attached hydrogen (secondary N) is 2. The van der Waals surface area contributed by atoms with E-state index in [-0.39, 0.29) is 30.0 Å². The molecule has 2 amide bonds. The van der Waals surface area contributed by atoms with Crippen LogP contribution in [0.3, 0.4) is 0 Å². The van der Waals surface area contributed by atoms with Gasteiger partial charge < -0.3 is 24.8 Å². The molecule has 2 aromatic carbocycles. The molecule has 1 heterocycles. The van der Waals surface area contributed by atoms with E-state index in [2.05, 4.69) is 10.6 Å². The Bertz CT molecular complexity index is 1010. The molecule has 0 spiro atoms. The highest BCUT2D eigenvalue weighted by Crippen LogP contribution is 2.27. The quantitative estimate of drug-likeness (QED) is 0.678. The fourth-order valence-electron chi connectivity index (χ4n) is 3.34. The predicted molar refractivity (Wildman–Crippen MR) is 110 cm³/mol. The molecular weight excluding hydrogens is 388 g/mol. The first-order chi connectivity index (χ1) is 14.5. The van der Waals surface area contributed by atoms with Gasteiger partial charge in [-0.3, -0.25) is 0 Å². The van der Waals surface area contributed by atoms with E-state index >= 15 is 0 Å². The van der Waals surface area contributed by atoms with Crippen LogP contribution in [0.4, 0.5) is 4.79 Å². The summed E-state index contributed by atoms with van der Waals surface area (Å²) in [6.45, 7) is 3.43. The van der Waals surface area contributed by atoms with Crippen molar-refractivity contribution in [2.24, 2.45) is 0 Å². The second kappa shape index (κ2) is 9.30. The third-order valence-electron chi connectivity index (χ3n) is 4.78. The van der Waals surface area contributed by atoms with Crippen LogP contribution in [0.5, 0.6) is 5.75 Å². The zero-order chi connectivity index (χ0) is 21.7. The van der Waals surface area contributed by atoms with Gasteiger partial charge in [0, 0.05) is 0 Å². The van der Waals surface area contributed by atoms with Crippen molar-refractivity contribution >= 4 is 28.7 Å². The number of fused-ring (bicyclic) bond motifs is 1. The molecule has 8 nitrogen and oxygen atoms in total. The van der Waals surface area contributed by atoms with E-state index < -0.39 is 24.0 Å². The van der Waals surface area contributed by atoms with Gasteiger partial charge in [0.2, 0.25) is 0 Å². The van der Waals surface area contributed by atoms with Crippen LogP contribution in [0, 0.1) is 0 Å². The van der Waals surface area contributed by atoms with Gasteiger partial charge in [-0.15, -0.1) is 0 Å². The molecule has 0 bridgehead atoms. The number of urea groups is 1. The maximum Gasteiger partial charge on any atom is 0.342 e. The zero-order valence-corrected chi connectivity index (χ0v) is 17.1. The van der Waals surface area contributed by atoms with Gasteiger partial charge >= 0.3 is 18.0 Å². The van der Waals surface area contributed by atoms with Crippen LogP contribution in [0.15, 0.2) is 47.7 Å². The Morgan fingerprint density at radius 3 is 2.37 bits per heavy atom. The monoisotopic (exact) mass is 412 g/mol. The van der Waals surface area contributed by atoms with Crippen molar-refractivity contribution in [3.05, 3.63) is 53.2 Å². The number of carbonyl (C=O) groups excluding carboxylic acids is 3. The number of carbonyl (C=O) groups is 3. The van der Waals surface area contributed by atoms with Crippen molar-refractivity contribution in [1.29, 1.82) is 0 Å². The molecule has 0 saturated carbocycles. The number of hydrogen-bond acceptors (Lipinski definition) is 6. The first-order valence-electron chi connectivity index (χ1n) is 9.70. The van der Waals surface area contributed by atoms with Gasteiger partial charge in [-0.05, 0) is 36.2 Å². The number of rotatable bonds is 7. The van der Waals surface area contributed by atoms with Crippen LogP contribution in [0.2, 0.25) is 0 Å². The molecule has 2 N–H and O–H groups in total. The van der Waals surface area contributed by atoms with Gasteiger partial charge in [-0.2, -0.15) is 0 Å². The lowest BCUT2D eigenvalue weighted by molar-refractivity contribution is -0.139. The van der Waals surface area contributed by atoms with Gasteiger partial charge in [0.25, 0.3) is 0 Å². The van der Waals surface area contributed by atoms with E-state index in [1.165, 1.54) is 7.11 Å². The molecule has 2 aromatic rings. The molecule has 0 fully saturated rings. The maximum atomic E-state index is 12.8. The zero-order valence-electron chi connectivity index (χ0n) is 17.1. The molecule has 0 aromatic heterocycles. The molecule has 1 aliphatic rings. The van der Waals surface area contributed by atoms with Crippen LogP contribution < -0.4 is 15.4 Å². The van der Waals surface area contributed by atoms with Crippen molar-refractivity contribution in [3.63, 3.8) is 0 Å². The summed E-state index contributed by atoms with van der Waals surface area (Å²) in [6.07, 6.45) is 0.484. The summed E-state index contributed by atoms with van der Waals surface area (Å²) in [6, 6.07) is 10.0. The number of hydrogen-bond donors (Lipinski definition) is 2. The number of ether oxygens (including phenoxy) is 3. The highest BCUT2D eigenvalue weighted by Gasteiger charge is 2.32. The van der Waals surface area contributed by atoms with Crippen molar-refractivity contribution in [3.8, 4) is 5.75 Å². The van der Waals surface area contributed by atoms with Gasteiger partial charge in [-0.25, -0.2) is 14.4 Å². The van der Waals surface area contributed by atoms with Gasteiger partial charge in [-0.1, -0.05) is 31.2 Å². The highest BCUT2D eigenvalue weighted by atomic mass is 16.5. The molecule has 1 aliphatic heterocycles. The Morgan fingerprint density at radius 1 is 1.03 bits per heavy atom. The fourth-order valence-corrected chi connectivity index (χ4v) is 3.34.